The van der Waals surface area contributed by atoms with Gasteiger partial charge in [-0.2, -0.15) is 0 Å². The summed E-state index contributed by atoms with van der Waals surface area (Å²) in [7, 11) is 1.61. The summed E-state index contributed by atoms with van der Waals surface area (Å²) in [6.07, 6.45) is 0. The van der Waals surface area contributed by atoms with Crippen molar-refractivity contribution in [3.05, 3.63) is 80.0 Å². The van der Waals surface area contributed by atoms with Gasteiger partial charge in [0.1, 0.15) is 10.6 Å². The molecule has 0 aliphatic carbocycles. The zero-order valence-corrected chi connectivity index (χ0v) is 16.1. The van der Waals surface area contributed by atoms with Gasteiger partial charge in [0.2, 0.25) is 0 Å². The molecule has 1 N–H and O–H groups in total. The van der Waals surface area contributed by atoms with Crippen LogP contribution >= 0.6 is 22.9 Å². The number of nitrogens with zero attached hydrogens (tertiary/aromatic N) is 1. The predicted octanol–water partition coefficient (Wildman–Crippen LogP) is 4.38. The van der Waals surface area contributed by atoms with Crippen LogP contribution < -0.4 is 16.0 Å². The van der Waals surface area contributed by atoms with Gasteiger partial charge in [-0.15, -0.1) is 11.3 Å². The number of ether oxygens (including phenoxy) is 1. The maximum Gasteiger partial charge on any atom is 0.334 e. The molecule has 0 aliphatic rings. The number of para-hydroxylation sites is 1. The quantitative estimate of drug-likeness (QED) is 0.557. The molecule has 2 aromatic carbocycles. The van der Waals surface area contributed by atoms with Gasteiger partial charge < -0.3 is 4.74 Å². The Kier molecular flexibility index (Phi) is 4.37. The molecule has 5 nitrogen and oxygen atoms in total. The Bertz CT molecular complexity index is 1270. The summed E-state index contributed by atoms with van der Waals surface area (Å²) in [5.41, 5.74) is 1.25. The second-order valence-electron chi connectivity index (χ2n) is 6.01. The topological polar surface area (TPSA) is 64.1 Å². The van der Waals surface area contributed by atoms with Crippen LogP contribution in [0.3, 0.4) is 0 Å². The summed E-state index contributed by atoms with van der Waals surface area (Å²) in [5, 5.41) is 0.832. The minimum Gasteiger partial charge on any atom is -0.497 e. The number of thiophene rings is 1. The van der Waals surface area contributed by atoms with Crippen molar-refractivity contribution in [1.29, 1.82) is 0 Å². The summed E-state index contributed by atoms with van der Waals surface area (Å²) in [4.78, 5) is 30.0. The second kappa shape index (κ2) is 6.72. The average Bonchev–Trinajstić information content (AvgIpc) is 2.99. The van der Waals surface area contributed by atoms with E-state index in [1.807, 2.05) is 31.2 Å². The number of aromatic nitrogens is 2. The second-order valence-corrected chi connectivity index (χ2v) is 7.44. The summed E-state index contributed by atoms with van der Waals surface area (Å²) < 4.78 is 6.28. The number of halogens is 1. The van der Waals surface area contributed by atoms with E-state index in [-0.39, 0.29) is 5.56 Å². The van der Waals surface area contributed by atoms with Crippen molar-refractivity contribution in [3.63, 3.8) is 0 Å². The number of aryl methyl sites for hydroxylation is 1. The van der Waals surface area contributed by atoms with Gasteiger partial charge in [-0.05, 0) is 54.4 Å². The molecule has 4 rings (SSSR count). The fourth-order valence-corrected chi connectivity index (χ4v) is 4.50. The van der Waals surface area contributed by atoms with E-state index >= 15 is 0 Å². The van der Waals surface area contributed by atoms with Gasteiger partial charge in [0.25, 0.3) is 5.56 Å². The van der Waals surface area contributed by atoms with Crippen LogP contribution in [0.2, 0.25) is 5.02 Å². The van der Waals surface area contributed by atoms with Crippen LogP contribution in [0.25, 0.3) is 26.3 Å². The molecule has 2 heterocycles. The number of rotatable bonds is 3. The molecular weight excluding hydrogens is 384 g/mol. The first-order valence-corrected chi connectivity index (χ1v) is 9.38. The van der Waals surface area contributed by atoms with Gasteiger partial charge in [0.05, 0.1) is 23.2 Å². The van der Waals surface area contributed by atoms with Crippen LogP contribution in [-0.2, 0) is 0 Å². The summed E-state index contributed by atoms with van der Waals surface area (Å²) in [6.45, 7) is 1.88. The zero-order chi connectivity index (χ0) is 19.1. The molecular formula is C20H15ClN2O3S. The fraction of sp³-hybridized carbons (Fsp3) is 0.100. The molecule has 0 atom stereocenters. The predicted molar refractivity (Wildman–Crippen MR) is 110 cm³/mol. The van der Waals surface area contributed by atoms with Crippen molar-refractivity contribution >= 4 is 33.2 Å². The van der Waals surface area contributed by atoms with Crippen LogP contribution in [0.4, 0.5) is 0 Å². The molecule has 7 heteroatoms. The van der Waals surface area contributed by atoms with Crippen LogP contribution in [-0.4, -0.2) is 16.7 Å². The van der Waals surface area contributed by atoms with E-state index in [4.69, 9.17) is 16.3 Å². The number of methoxy groups -OCH3 is 1. The Hall–Kier alpha value is -2.83. The van der Waals surface area contributed by atoms with E-state index < -0.39 is 5.69 Å². The monoisotopic (exact) mass is 398 g/mol. The van der Waals surface area contributed by atoms with E-state index in [0.29, 0.717) is 20.9 Å². The number of aromatic amines is 1. The lowest BCUT2D eigenvalue weighted by atomic mass is 10.1. The van der Waals surface area contributed by atoms with Gasteiger partial charge in [-0.25, -0.2) is 9.36 Å². The van der Waals surface area contributed by atoms with Crippen LogP contribution in [0.15, 0.2) is 58.1 Å². The third-order valence-corrected chi connectivity index (χ3v) is 6.01. The highest BCUT2D eigenvalue weighted by atomic mass is 35.5. The third kappa shape index (κ3) is 2.87. The first-order valence-electron chi connectivity index (χ1n) is 8.19. The van der Waals surface area contributed by atoms with E-state index in [1.165, 1.54) is 11.3 Å². The van der Waals surface area contributed by atoms with Crippen molar-refractivity contribution in [3.8, 4) is 21.9 Å². The molecule has 0 spiro atoms. The van der Waals surface area contributed by atoms with E-state index in [1.54, 1.807) is 31.4 Å². The average molecular weight is 399 g/mol. The number of H-pyrrole nitrogens is 1. The Labute approximate surface area is 163 Å². The van der Waals surface area contributed by atoms with Crippen LogP contribution in [0.5, 0.6) is 5.75 Å². The highest BCUT2D eigenvalue weighted by Gasteiger charge is 2.18. The summed E-state index contributed by atoms with van der Waals surface area (Å²) >= 11 is 7.59. The highest BCUT2D eigenvalue weighted by molar-refractivity contribution is 7.22. The molecule has 0 aliphatic heterocycles. The maximum atomic E-state index is 13.1. The molecule has 0 fully saturated rings. The molecule has 2 aromatic heterocycles. The lowest BCUT2D eigenvalue weighted by molar-refractivity contribution is 0.415. The standard InChI is InChI=1S/C20H15ClN2O3S/c1-11-16-18(27-17(11)12-7-9-13(26-2)10-8-12)22-20(25)23(19(16)24)15-6-4-3-5-14(15)21/h3-10H,1-2H3,(H,22,25). The van der Waals surface area contributed by atoms with Crippen molar-refractivity contribution in [2.24, 2.45) is 0 Å². The Balaban J connectivity index is 1.99. The molecule has 0 saturated heterocycles. The minimum atomic E-state index is -0.511. The molecule has 0 saturated carbocycles. The van der Waals surface area contributed by atoms with Gasteiger partial charge in [-0.1, -0.05) is 23.7 Å². The molecule has 4 aromatic rings. The Morgan fingerprint density at radius 3 is 2.44 bits per heavy atom. The lowest BCUT2D eigenvalue weighted by Crippen LogP contribution is -2.33. The number of fused-ring (bicyclic) bond motifs is 1. The summed E-state index contributed by atoms with van der Waals surface area (Å²) in [5.74, 6) is 0.756. The number of hydrogen-bond donors (Lipinski definition) is 1. The molecule has 27 heavy (non-hydrogen) atoms. The first-order chi connectivity index (χ1) is 13.0. The Morgan fingerprint density at radius 2 is 1.78 bits per heavy atom. The number of hydrogen-bond acceptors (Lipinski definition) is 4. The molecule has 0 unspecified atom stereocenters. The van der Waals surface area contributed by atoms with Crippen LogP contribution in [0, 0.1) is 6.92 Å². The number of nitrogens with one attached hydrogen (secondary N) is 1. The van der Waals surface area contributed by atoms with Gasteiger partial charge in [0.15, 0.2) is 0 Å². The van der Waals surface area contributed by atoms with Crippen molar-refractivity contribution in [2.45, 2.75) is 6.92 Å². The van der Waals surface area contributed by atoms with E-state index in [9.17, 15) is 9.59 Å². The van der Waals surface area contributed by atoms with Gasteiger partial charge in [-0.3, -0.25) is 9.78 Å². The van der Waals surface area contributed by atoms with Crippen molar-refractivity contribution in [2.75, 3.05) is 7.11 Å². The SMILES string of the molecule is COc1ccc(-c2sc3[nH]c(=O)n(-c4ccccc4Cl)c(=O)c3c2C)cc1. The lowest BCUT2D eigenvalue weighted by Gasteiger charge is -2.06. The maximum absolute atomic E-state index is 13.1. The van der Waals surface area contributed by atoms with Gasteiger partial charge >= 0.3 is 5.69 Å². The largest absolute Gasteiger partial charge is 0.497 e. The van der Waals surface area contributed by atoms with Gasteiger partial charge in [0, 0.05) is 4.88 Å². The van der Waals surface area contributed by atoms with E-state index in [2.05, 4.69) is 4.98 Å². The highest BCUT2D eigenvalue weighted by Crippen LogP contribution is 2.36. The van der Waals surface area contributed by atoms with Crippen molar-refractivity contribution in [1.82, 2.24) is 9.55 Å². The normalized spacial score (nSPS) is 11.1. The molecule has 0 radical (unpaired) electrons. The molecule has 0 amide bonds. The molecule has 136 valence electrons. The minimum absolute atomic E-state index is 0.340. The zero-order valence-electron chi connectivity index (χ0n) is 14.6. The third-order valence-electron chi connectivity index (χ3n) is 4.43. The van der Waals surface area contributed by atoms with Crippen molar-refractivity contribution < 1.29 is 4.74 Å². The van der Waals surface area contributed by atoms with Crippen LogP contribution in [0.1, 0.15) is 5.56 Å². The summed E-state index contributed by atoms with van der Waals surface area (Å²) in [6, 6.07) is 14.4. The smallest absolute Gasteiger partial charge is 0.334 e. The first kappa shape index (κ1) is 17.6. The Morgan fingerprint density at radius 1 is 1.07 bits per heavy atom. The van der Waals surface area contributed by atoms with E-state index in [0.717, 1.165) is 26.3 Å². The fourth-order valence-electron chi connectivity index (χ4n) is 3.09. The molecule has 0 bridgehead atoms. The number of benzene rings is 2.